The van der Waals surface area contributed by atoms with Gasteiger partial charge in [0.25, 0.3) is 0 Å². The Morgan fingerprint density at radius 1 is 0.600 bits per heavy atom. The van der Waals surface area contributed by atoms with Crippen LogP contribution >= 0.6 is 0 Å². The maximum absolute atomic E-state index is 9.59. The number of unbranched alkanes of at least 4 members (excludes halogenated alkanes) is 5. The highest BCUT2D eigenvalue weighted by Gasteiger charge is 2.03. The van der Waals surface area contributed by atoms with Crippen LogP contribution in [-0.4, -0.2) is 34.6 Å². The smallest absolute Gasteiger partial charge is 0.0540 e. The van der Waals surface area contributed by atoms with Crippen molar-refractivity contribution in [2.75, 3.05) is 13.2 Å². The zero-order chi connectivity index (χ0) is 11.4. The molecule has 0 amide bonds. The summed E-state index contributed by atoms with van der Waals surface area (Å²) in [5.41, 5.74) is 0. The summed E-state index contributed by atoms with van der Waals surface area (Å²) < 4.78 is 0. The lowest BCUT2D eigenvalue weighted by Crippen LogP contribution is -2.06. The Hall–Kier alpha value is -0.120. The first kappa shape index (κ1) is 14.9. The van der Waals surface area contributed by atoms with Crippen LogP contribution in [0.4, 0.5) is 0 Å². The van der Waals surface area contributed by atoms with Gasteiger partial charge in [0.05, 0.1) is 6.10 Å². The Balaban J connectivity index is 3.08. The van der Waals surface area contributed by atoms with Gasteiger partial charge in [-0.05, 0) is 25.7 Å². The van der Waals surface area contributed by atoms with E-state index >= 15 is 0 Å². The van der Waals surface area contributed by atoms with Gasteiger partial charge < -0.3 is 15.3 Å². The summed E-state index contributed by atoms with van der Waals surface area (Å²) >= 11 is 0. The Bertz CT molecular complexity index is 117. The SMILES string of the molecule is OCCCCCCC(O)CCCCCO. The molecule has 0 aromatic carbocycles. The molecule has 0 saturated heterocycles. The summed E-state index contributed by atoms with van der Waals surface area (Å²) in [4.78, 5) is 0. The Morgan fingerprint density at radius 2 is 1.00 bits per heavy atom. The first-order valence-corrected chi connectivity index (χ1v) is 6.21. The van der Waals surface area contributed by atoms with Crippen molar-refractivity contribution in [3.63, 3.8) is 0 Å². The van der Waals surface area contributed by atoms with Crippen molar-refractivity contribution < 1.29 is 15.3 Å². The minimum atomic E-state index is -0.169. The van der Waals surface area contributed by atoms with Crippen molar-refractivity contribution in [1.82, 2.24) is 0 Å². The van der Waals surface area contributed by atoms with E-state index in [0.29, 0.717) is 0 Å². The summed E-state index contributed by atoms with van der Waals surface area (Å²) in [5.74, 6) is 0. The third-order valence-electron chi connectivity index (χ3n) is 2.64. The predicted octanol–water partition coefficient (Wildman–Crippen LogP) is 1.84. The molecule has 1 unspecified atom stereocenters. The van der Waals surface area contributed by atoms with E-state index in [2.05, 4.69) is 0 Å². The van der Waals surface area contributed by atoms with Crippen molar-refractivity contribution in [2.24, 2.45) is 0 Å². The van der Waals surface area contributed by atoms with Crippen LogP contribution in [0.25, 0.3) is 0 Å². The average molecular weight is 218 g/mol. The quantitative estimate of drug-likeness (QED) is 0.464. The van der Waals surface area contributed by atoms with Crippen LogP contribution < -0.4 is 0 Å². The third kappa shape index (κ3) is 11.8. The van der Waals surface area contributed by atoms with Gasteiger partial charge in [-0.1, -0.05) is 32.1 Å². The highest BCUT2D eigenvalue weighted by atomic mass is 16.3. The van der Waals surface area contributed by atoms with E-state index in [1.165, 1.54) is 0 Å². The highest BCUT2D eigenvalue weighted by Crippen LogP contribution is 2.11. The predicted molar refractivity (Wildman–Crippen MR) is 61.7 cm³/mol. The summed E-state index contributed by atoms with van der Waals surface area (Å²) in [6.45, 7) is 0.543. The molecular weight excluding hydrogens is 192 g/mol. The highest BCUT2D eigenvalue weighted by molar-refractivity contribution is 4.56. The van der Waals surface area contributed by atoms with Gasteiger partial charge in [0.2, 0.25) is 0 Å². The van der Waals surface area contributed by atoms with E-state index in [9.17, 15) is 5.11 Å². The first-order valence-electron chi connectivity index (χ1n) is 6.21. The number of aliphatic hydroxyl groups excluding tert-OH is 3. The second-order valence-electron chi connectivity index (χ2n) is 4.15. The van der Waals surface area contributed by atoms with Crippen LogP contribution in [0.1, 0.15) is 57.8 Å². The van der Waals surface area contributed by atoms with Gasteiger partial charge >= 0.3 is 0 Å². The molecule has 0 saturated carbocycles. The Morgan fingerprint density at radius 3 is 1.47 bits per heavy atom. The average Bonchev–Trinajstić information content (AvgIpc) is 2.24. The molecule has 3 heteroatoms. The number of hydrogen-bond donors (Lipinski definition) is 3. The molecule has 0 radical (unpaired) electrons. The number of rotatable bonds is 11. The first-order chi connectivity index (χ1) is 7.31. The molecule has 0 aromatic heterocycles. The summed E-state index contributed by atoms with van der Waals surface area (Å²) in [7, 11) is 0. The molecule has 0 bridgehead atoms. The van der Waals surface area contributed by atoms with Gasteiger partial charge in [0, 0.05) is 13.2 Å². The second-order valence-corrected chi connectivity index (χ2v) is 4.15. The molecule has 0 aliphatic carbocycles. The molecule has 0 aromatic rings. The van der Waals surface area contributed by atoms with E-state index in [0.717, 1.165) is 57.8 Å². The fourth-order valence-electron chi connectivity index (χ4n) is 1.66. The number of aliphatic hydroxyl groups is 3. The standard InChI is InChI=1S/C12H26O3/c13-10-6-2-1-4-8-12(15)9-5-3-7-11-14/h12-15H,1-11H2. The molecule has 3 N–H and O–H groups in total. The molecule has 0 heterocycles. The zero-order valence-corrected chi connectivity index (χ0v) is 9.70. The normalized spacial score (nSPS) is 13.0. The number of hydrogen-bond acceptors (Lipinski definition) is 3. The summed E-state index contributed by atoms with van der Waals surface area (Å²) in [5, 5.41) is 26.7. The summed E-state index contributed by atoms with van der Waals surface area (Å²) in [6.07, 6.45) is 8.55. The minimum Gasteiger partial charge on any atom is -0.396 e. The lowest BCUT2D eigenvalue weighted by atomic mass is 10.0. The van der Waals surface area contributed by atoms with E-state index in [1.54, 1.807) is 0 Å². The van der Waals surface area contributed by atoms with Crippen molar-refractivity contribution in [2.45, 2.75) is 63.9 Å². The van der Waals surface area contributed by atoms with Gasteiger partial charge in [-0.15, -0.1) is 0 Å². The van der Waals surface area contributed by atoms with Crippen molar-refractivity contribution in [3.8, 4) is 0 Å². The van der Waals surface area contributed by atoms with Crippen LogP contribution in [0, 0.1) is 0 Å². The van der Waals surface area contributed by atoms with Crippen LogP contribution in [0.3, 0.4) is 0 Å². The maximum Gasteiger partial charge on any atom is 0.0540 e. The Kier molecular flexibility index (Phi) is 11.9. The molecule has 92 valence electrons. The van der Waals surface area contributed by atoms with Crippen LogP contribution in [0.2, 0.25) is 0 Å². The fraction of sp³-hybridized carbons (Fsp3) is 1.00. The molecule has 0 fully saturated rings. The Labute approximate surface area is 93.1 Å². The maximum atomic E-state index is 9.59. The molecule has 3 nitrogen and oxygen atoms in total. The van der Waals surface area contributed by atoms with E-state index in [1.807, 2.05) is 0 Å². The van der Waals surface area contributed by atoms with E-state index < -0.39 is 0 Å². The van der Waals surface area contributed by atoms with E-state index in [-0.39, 0.29) is 19.3 Å². The molecule has 0 spiro atoms. The van der Waals surface area contributed by atoms with Gasteiger partial charge in [0.15, 0.2) is 0 Å². The van der Waals surface area contributed by atoms with Crippen LogP contribution in [0.5, 0.6) is 0 Å². The second kappa shape index (κ2) is 12.0. The monoisotopic (exact) mass is 218 g/mol. The largest absolute Gasteiger partial charge is 0.396 e. The van der Waals surface area contributed by atoms with Gasteiger partial charge in [-0.25, -0.2) is 0 Å². The van der Waals surface area contributed by atoms with Crippen molar-refractivity contribution in [1.29, 1.82) is 0 Å². The molecule has 15 heavy (non-hydrogen) atoms. The third-order valence-corrected chi connectivity index (χ3v) is 2.64. The molecule has 0 aliphatic heterocycles. The molecule has 0 rings (SSSR count). The van der Waals surface area contributed by atoms with E-state index in [4.69, 9.17) is 10.2 Å². The van der Waals surface area contributed by atoms with Crippen molar-refractivity contribution >= 4 is 0 Å². The topological polar surface area (TPSA) is 60.7 Å². The summed E-state index contributed by atoms with van der Waals surface area (Å²) in [6, 6.07) is 0. The molecular formula is C12H26O3. The van der Waals surface area contributed by atoms with Gasteiger partial charge in [-0.2, -0.15) is 0 Å². The van der Waals surface area contributed by atoms with Crippen molar-refractivity contribution in [3.05, 3.63) is 0 Å². The van der Waals surface area contributed by atoms with Gasteiger partial charge in [-0.3, -0.25) is 0 Å². The minimum absolute atomic E-state index is 0.169. The van der Waals surface area contributed by atoms with Gasteiger partial charge in [0.1, 0.15) is 0 Å². The van der Waals surface area contributed by atoms with Crippen LogP contribution in [0.15, 0.2) is 0 Å². The lowest BCUT2D eigenvalue weighted by molar-refractivity contribution is 0.146. The fourth-order valence-corrected chi connectivity index (χ4v) is 1.66. The lowest BCUT2D eigenvalue weighted by Gasteiger charge is -2.09. The van der Waals surface area contributed by atoms with Crippen LogP contribution in [-0.2, 0) is 0 Å². The molecule has 0 aliphatic rings. The zero-order valence-electron chi connectivity index (χ0n) is 9.70. The molecule has 1 atom stereocenters.